The molecule has 2 heteroatoms. The normalized spacial score (nSPS) is 40.1. The number of nitrogens with one attached hydrogen (secondary N) is 1. The van der Waals surface area contributed by atoms with Crippen molar-refractivity contribution >= 4 is 0 Å². The minimum Gasteiger partial charge on any atom is -0.311 e. The Bertz CT molecular complexity index is 136. The minimum atomic E-state index is 0.712. The van der Waals surface area contributed by atoms with Crippen molar-refractivity contribution in [2.45, 2.75) is 38.3 Å². The molecule has 11 heavy (non-hydrogen) atoms. The summed E-state index contributed by atoms with van der Waals surface area (Å²) in [5.74, 6) is 0. The molecule has 1 N–H and O–H groups in total. The van der Waals surface area contributed by atoms with Crippen LogP contribution in [0.1, 0.15) is 26.2 Å². The van der Waals surface area contributed by atoms with Crippen molar-refractivity contribution in [3.8, 4) is 0 Å². The van der Waals surface area contributed by atoms with Crippen LogP contribution in [-0.2, 0) is 0 Å². The summed E-state index contributed by atoms with van der Waals surface area (Å²) in [5, 5.41) is 3.54. The van der Waals surface area contributed by atoms with Crippen molar-refractivity contribution in [2.24, 2.45) is 0 Å². The van der Waals surface area contributed by atoms with E-state index in [9.17, 15) is 0 Å². The second-order valence-electron chi connectivity index (χ2n) is 3.95. The summed E-state index contributed by atoms with van der Waals surface area (Å²) < 4.78 is 0. The SMILES string of the molecule is C[C@H]1CN2CCCC[C@@H]2CN1. The topological polar surface area (TPSA) is 15.3 Å². The molecule has 0 aromatic carbocycles. The van der Waals surface area contributed by atoms with Gasteiger partial charge in [-0.05, 0) is 26.3 Å². The third-order valence-corrected chi connectivity index (χ3v) is 2.96. The van der Waals surface area contributed by atoms with Crippen molar-refractivity contribution in [1.29, 1.82) is 0 Å². The fourth-order valence-corrected chi connectivity index (χ4v) is 2.29. The summed E-state index contributed by atoms with van der Waals surface area (Å²) in [5.41, 5.74) is 0. The van der Waals surface area contributed by atoms with Gasteiger partial charge in [-0.25, -0.2) is 0 Å². The van der Waals surface area contributed by atoms with Crippen molar-refractivity contribution in [1.82, 2.24) is 10.2 Å². The zero-order chi connectivity index (χ0) is 7.68. The quantitative estimate of drug-likeness (QED) is 0.556. The first-order valence-corrected chi connectivity index (χ1v) is 4.83. The zero-order valence-corrected chi connectivity index (χ0v) is 7.34. The Morgan fingerprint density at radius 2 is 2.27 bits per heavy atom. The average molecular weight is 154 g/mol. The Kier molecular flexibility index (Phi) is 2.14. The number of piperidine rings is 1. The maximum atomic E-state index is 3.54. The number of nitrogens with zero attached hydrogens (tertiary/aromatic N) is 1. The molecule has 0 bridgehead atoms. The van der Waals surface area contributed by atoms with Crippen LogP contribution in [-0.4, -0.2) is 36.6 Å². The second kappa shape index (κ2) is 3.11. The predicted molar refractivity (Wildman–Crippen MR) is 46.7 cm³/mol. The summed E-state index contributed by atoms with van der Waals surface area (Å²) in [4.78, 5) is 2.66. The molecule has 0 aliphatic carbocycles. The third kappa shape index (κ3) is 1.57. The molecule has 2 aliphatic heterocycles. The average Bonchev–Trinajstić information content (AvgIpc) is 2.04. The number of hydrogen-bond acceptors (Lipinski definition) is 2. The number of rotatable bonds is 0. The van der Waals surface area contributed by atoms with E-state index in [1.807, 2.05) is 0 Å². The first-order chi connectivity index (χ1) is 5.36. The molecular formula is C9H18N2. The molecule has 0 spiro atoms. The lowest BCUT2D eigenvalue weighted by Gasteiger charge is -2.42. The standard InChI is InChI=1S/C9H18N2/c1-8-7-11-5-3-2-4-9(11)6-10-8/h8-10H,2-7H2,1H3/t8-,9+/m0/s1. The van der Waals surface area contributed by atoms with Crippen LogP contribution in [0.3, 0.4) is 0 Å². The highest BCUT2D eigenvalue weighted by Crippen LogP contribution is 2.18. The van der Waals surface area contributed by atoms with Gasteiger partial charge in [0.05, 0.1) is 0 Å². The molecule has 64 valence electrons. The molecule has 0 saturated carbocycles. The molecule has 2 aliphatic rings. The Hall–Kier alpha value is -0.0800. The van der Waals surface area contributed by atoms with Crippen molar-refractivity contribution in [3.05, 3.63) is 0 Å². The van der Waals surface area contributed by atoms with Gasteiger partial charge in [0.15, 0.2) is 0 Å². The van der Waals surface area contributed by atoms with E-state index in [0.717, 1.165) is 6.04 Å². The summed E-state index contributed by atoms with van der Waals surface area (Å²) in [6, 6.07) is 1.57. The van der Waals surface area contributed by atoms with E-state index < -0.39 is 0 Å². The maximum Gasteiger partial charge on any atom is 0.0221 e. The van der Waals surface area contributed by atoms with Crippen LogP contribution in [0.2, 0.25) is 0 Å². The van der Waals surface area contributed by atoms with E-state index >= 15 is 0 Å². The van der Waals surface area contributed by atoms with Gasteiger partial charge in [0, 0.05) is 25.2 Å². The Balaban J connectivity index is 1.93. The predicted octanol–water partition coefficient (Wildman–Crippen LogP) is 0.833. The molecule has 0 unspecified atom stereocenters. The maximum absolute atomic E-state index is 3.54. The van der Waals surface area contributed by atoms with Crippen LogP contribution in [0.5, 0.6) is 0 Å². The third-order valence-electron chi connectivity index (χ3n) is 2.96. The van der Waals surface area contributed by atoms with Crippen LogP contribution in [0.25, 0.3) is 0 Å². The first-order valence-electron chi connectivity index (χ1n) is 4.83. The zero-order valence-electron chi connectivity index (χ0n) is 7.34. The minimum absolute atomic E-state index is 0.712. The van der Waals surface area contributed by atoms with Gasteiger partial charge in [-0.3, -0.25) is 4.90 Å². The van der Waals surface area contributed by atoms with Crippen molar-refractivity contribution in [3.63, 3.8) is 0 Å². The molecule has 2 atom stereocenters. The molecular weight excluding hydrogens is 136 g/mol. The van der Waals surface area contributed by atoms with Gasteiger partial charge in [-0.15, -0.1) is 0 Å². The highest BCUT2D eigenvalue weighted by molar-refractivity contribution is 4.86. The molecule has 0 radical (unpaired) electrons. The molecule has 0 aromatic rings. The van der Waals surface area contributed by atoms with E-state index in [2.05, 4.69) is 17.1 Å². The molecule has 2 heterocycles. The molecule has 2 nitrogen and oxygen atoms in total. The van der Waals surface area contributed by atoms with Crippen molar-refractivity contribution in [2.75, 3.05) is 19.6 Å². The van der Waals surface area contributed by atoms with Crippen molar-refractivity contribution < 1.29 is 0 Å². The van der Waals surface area contributed by atoms with Crippen LogP contribution in [0, 0.1) is 0 Å². The fourth-order valence-electron chi connectivity index (χ4n) is 2.29. The Morgan fingerprint density at radius 3 is 3.18 bits per heavy atom. The summed E-state index contributed by atoms with van der Waals surface area (Å²) in [6.07, 6.45) is 4.28. The second-order valence-corrected chi connectivity index (χ2v) is 3.95. The van der Waals surface area contributed by atoms with Gasteiger partial charge in [-0.2, -0.15) is 0 Å². The van der Waals surface area contributed by atoms with E-state index in [4.69, 9.17) is 0 Å². The largest absolute Gasteiger partial charge is 0.311 e. The lowest BCUT2D eigenvalue weighted by atomic mass is 9.99. The molecule has 0 amide bonds. The molecule has 2 saturated heterocycles. The highest BCUT2D eigenvalue weighted by atomic mass is 15.2. The van der Waals surface area contributed by atoms with Gasteiger partial charge < -0.3 is 5.32 Å². The van der Waals surface area contributed by atoms with Gasteiger partial charge in [0.25, 0.3) is 0 Å². The molecule has 2 rings (SSSR count). The van der Waals surface area contributed by atoms with Crippen LogP contribution >= 0.6 is 0 Å². The summed E-state index contributed by atoms with van der Waals surface area (Å²) in [6.45, 7) is 6.12. The lowest BCUT2D eigenvalue weighted by Crippen LogP contribution is -2.56. The van der Waals surface area contributed by atoms with Gasteiger partial charge in [-0.1, -0.05) is 6.42 Å². The Morgan fingerprint density at radius 1 is 1.36 bits per heavy atom. The van der Waals surface area contributed by atoms with Gasteiger partial charge >= 0.3 is 0 Å². The highest BCUT2D eigenvalue weighted by Gasteiger charge is 2.27. The fraction of sp³-hybridized carbons (Fsp3) is 1.00. The van der Waals surface area contributed by atoms with E-state index in [0.29, 0.717) is 6.04 Å². The summed E-state index contributed by atoms with van der Waals surface area (Å²) in [7, 11) is 0. The van der Waals surface area contributed by atoms with E-state index in [1.54, 1.807) is 0 Å². The Labute approximate surface area is 69.0 Å². The monoisotopic (exact) mass is 154 g/mol. The van der Waals surface area contributed by atoms with E-state index in [-0.39, 0.29) is 0 Å². The number of fused-ring (bicyclic) bond motifs is 1. The molecule has 2 fully saturated rings. The first kappa shape index (κ1) is 7.56. The number of hydrogen-bond donors (Lipinski definition) is 1. The summed E-state index contributed by atoms with van der Waals surface area (Å²) >= 11 is 0. The lowest BCUT2D eigenvalue weighted by molar-refractivity contribution is 0.0995. The van der Waals surface area contributed by atoms with Crippen LogP contribution in [0.15, 0.2) is 0 Å². The smallest absolute Gasteiger partial charge is 0.0221 e. The number of piperazine rings is 1. The van der Waals surface area contributed by atoms with Gasteiger partial charge in [0.1, 0.15) is 0 Å². The molecule has 0 aromatic heterocycles. The van der Waals surface area contributed by atoms with Crippen LogP contribution < -0.4 is 5.32 Å². The van der Waals surface area contributed by atoms with Crippen LogP contribution in [0.4, 0.5) is 0 Å². The van der Waals surface area contributed by atoms with E-state index in [1.165, 1.54) is 38.9 Å². The van der Waals surface area contributed by atoms with Gasteiger partial charge in [0.2, 0.25) is 0 Å².